The Morgan fingerprint density at radius 2 is 2.41 bits per heavy atom. The summed E-state index contributed by atoms with van der Waals surface area (Å²) in [7, 11) is 1.98. The largest absolute Gasteiger partial charge is 0.351 e. The van der Waals surface area contributed by atoms with Crippen molar-refractivity contribution in [3.8, 4) is 0 Å². The van der Waals surface area contributed by atoms with Crippen molar-refractivity contribution in [1.82, 2.24) is 30.6 Å². The number of rotatable bonds is 3. The van der Waals surface area contributed by atoms with E-state index in [0.717, 1.165) is 18.9 Å². The molecule has 1 atom stereocenters. The van der Waals surface area contributed by atoms with Crippen molar-refractivity contribution in [2.75, 3.05) is 25.0 Å². The highest BCUT2D eigenvalue weighted by Gasteiger charge is 2.25. The maximum Gasteiger partial charge on any atom is 0.200 e. The van der Waals surface area contributed by atoms with E-state index in [1.807, 2.05) is 19.2 Å². The van der Waals surface area contributed by atoms with Crippen molar-refractivity contribution in [2.45, 2.75) is 18.9 Å². The molecule has 0 spiro atoms. The molecule has 2 aromatic rings. The van der Waals surface area contributed by atoms with Crippen LogP contribution in [0.3, 0.4) is 0 Å². The third-order valence-corrected chi connectivity index (χ3v) is 3.17. The molecule has 1 aliphatic rings. The Morgan fingerprint density at radius 3 is 3.29 bits per heavy atom. The van der Waals surface area contributed by atoms with Gasteiger partial charge in [0.2, 0.25) is 0 Å². The molecule has 1 saturated heterocycles. The normalized spacial score (nSPS) is 20.3. The molecular weight excluding hydrogens is 218 g/mol. The minimum atomic E-state index is 0.515. The lowest BCUT2D eigenvalue weighted by molar-refractivity contribution is 0.604. The van der Waals surface area contributed by atoms with Crippen LogP contribution >= 0.6 is 0 Å². The number of nitrogens with zero attached hydrogens (tertiary/aromatic N) is 6. The standard InChI is InChI=1S/C10H15N7/c1-11-7-8-3-2-6-16(8)10-5-4-9-12-14-15-17(9)13-10/h4-5,8,11H,2-3,6-7H2,1H3. The molecule has 1 fully saturated rings. The zero-order chi connectivity index (χ0) is 11.7. The minimum Gasteiger partial charge on any atom is -0.351 e. The molecule has 0 radical (unpaired) electrons. The predicted molar refractivity (Wildman–Crippen MR) is 62.9 cm³/mol. The van der Waals surface area contributed by atoms with Crippen LogP contribution in [0.15, 0.2) is 12.1 Å². The summed E-state index contributed by atoms with van der Waals surface area (Å²) >= 11 is 0. The molecule has 1 aliphatic heterocycles. The van der Waals surface area contributed by atoms with Gasteiger partial charge in [-0.15, -0.1) is 14.8 Å². The molecule has 1 N–H and O–H groups in total. The molecule has 2 aromatic heterocycles. The highest BCUT2D eigenvalue weighted by Crippen LogP contribution is 2.22. The van der Waals surface area contributed by atoms with Crippen LogP contribution in [0.5, 0.6) is 0 Å². The lowest BCUT2D eigenvalue weighted by atomic mass is 10.2. The maximum absolute atomic E-state index is 4.43. The van der Waals surface area contributed by atoms with Crippen molar-refractivity contribution in [1.29, 1.82) is 0 Å². The number of hydrogen-bond acceptors (Lipinski definition) is 6. The third-order valence-electron chi connectivity index (χ3n) is 3.17. The Labute approximate surface area is 98.8 Å². The van der Waals surface area contributed by atoms with E-state index in [0.29, 0.717) is 11.7 Å². The first-order chi connectivity index (χ1) is 8.38. The van der Waals surface area contributed by atoms with Gasteiger partial charge >= 0.3 is 0 Å². The molecule has 0 saturated carbocycles. The summed E-state index contributed by atoms with van der Waals surface area (Å²) in [5.41, 5.74) is 0.679. The SMILES string of the molecule is CNCC1CCCN1c1ccc2nnnn2n1. The van der Waals surface area contributed by atoms with E-state index in [4.69, 9.17) is 0 Å². The highest BCUT2D eigenvalue weighted by molar-refractivity contribution is 5.45. The van der Waals surface area contributed by atoms with E-state index in [1.54, 1.807) is 0 Å². The van der Waals surface area contributed by atoms with Gasteiger partial charge < -0.3 is 10.2 Å². The van der Waals surface area contributed by atoms with Crippen molar-refractivity contribution in [3.63, 3.8) is 0 Å². The van der Waals surface area contributed by atoms with Crippen LogP contribution in [-0.2, 0) is 0 Å². The van der Waals surface area contributed by atoms with Crippen molar-refractivity contribution >= 4 is 11.5 Å². The summed E-state index contributed by atoms with van der Waals surface area (Å²) in [6, 6.07) is 4.40. The van der Waals surface area contributed by atoms with Gasteiger partial charge in [0, 0.05) is 19.1 Å². The molecule has 3 rings (SSSR count). The molecule has 0 aromatic carbocycles. The lowest BCUT2D eigenvalue weighted by Gasteiger charge is -2.24. The Balaban J connectivity index is 1.91. The van der Waals surface area contributed by atoms with Crippen molar-refractivity contribution in [3.05, 3.63) is 12.1 Å². The lowest BCUT2D eigenvalue weighted by Crippen LogP contribution is -2.37. The summed E-state index contributed by atoms with van der Waals surface area (Å²) in [5, 5.41) is 18.9. The summed E-state index contributed by atoms with van der Waals surface area (Å²) in [6.45, 7) is 2.03. The highest BCUT2D eigenvalue weighted by atomic mass is 15.6. The fourth-order valence-corrected chi connectivity index (χ4v) is 2.38. The molecular formula is C10H15N7. The van der Waals surface area contributed by atoms with Crippen LogP contribution < -0.4 is 10.2 Å². The molecule has 1 unspecified atom stereocenters. The second-order valence-corrected chi connectivity index (χ2v) is 4.27. The first kappa shape index (κ1) is 10.4. The quantitative estimate of drug-likeness (QED) is 0.785. The average Bonchev–Trinajstić information content (AvgIpc) is 2.96. The molecule has 0 amide bonds. The first-order valence-corrected chi connectivity index (χ1v) is 5.85. The number of aromatic nitrogens is 5. The van der Waals surface area contributed by atoms with E-state index in [2.05, 4.69) is 30.8 Å². The molecule has 17 heavy (non-hydrogen) atoms. The van der Waals surface area contributed by atoms with Crippen LogP contribution in [0.25, 0.3) is 5.65 Å². The second-order valence-electron chi connectivity index (χ2n) is 4.27. The monoisotopic (exact) mass is 233 g/mol. The van der Waals surface area contributed by atoms with E-state index in [1.165, 1.54) is 17.5 Å². The first-order valence-electron chi connectivity index (χ1n) is 5.85. The Kier molecular flexibility index (Phi) is 2.60. The van der Waals surface area contributed by atoms with Gasteiger partial charge in [0.15, 0.2) is 11.5 Å². The minimum absolute atomic E-state index is 0.515. The molecule has 3 heterocycles. The summed E-state index contributed by atoms with van der Waals surface area (Å²) in [4.78, 5) is 2.32. The van der Waals surface area contributed by atoms with Gasteiger partial charge in [-0.3, -0.25) is 0 Å². The fraction of sp³-hybridized carbons (Fsp3) is 0.600. The van der Waals surface area contributed by atoms with Crippen LogP contribution in [0.4, 0.5) is 5.82 Å². The maximum atomic E-state index is 4.43. The Morgan fingerprint density at radius 1 is 1.47 bits per heavy atom. The molecule has 7 heteroatoms. The summed E-state index contributed by atoms with van der Waals surface area (Å²) in [6.07, 6.45) is 2.41. The molecule has 7 nitrogen and oxygen atoms in total. The molecule has 0 aliphatic carbocycles. The fourth-order valence-electron chi connectivity index (χ4n) is 2.38. The van der Waals surface area contributed by atoms with Gasteiger partial charge in [0.25, 0.3) is 0 Å². The number of fused-ring (bicyclic) bond motifs is 1. The van der Waals surface area contributed by atoms with E-state index < -0.39 is 0 Å². The van der Waals surface area contributed by atoms with Crippen molar-refractivity contribution < 1.29 is 0 Å². The number of likely N-dealkylation sites (N-methyl/N-ethyl adjacent to an activating group) is 1. The zero-order valence-corrected chi connectivity index (χ0v) is 9.74. The van der Waals surface area contributed by atoms with Gasteiger partial charge in [-0.25, -0.2) is 0 Å². The Bertz CT molecular complexity index is 508. The van der Waals surface area contributed by atoms with Crippen LogP contribution in [0, 0.1) is 0 Å². The predicted octanol–water partition coefficient (Wildman–Crippen LogP) is -0.293. The van der Waals surface area contributed by atoms with Crippen molar-refractivity contribution in [2.24, 2.45) is 0 Å². The van der Waals surface area contributed by atoms with Crippen LogP contribution in [0.2, 0.25) is 0 Å². The average molecular weight is 233 g/mol. The molecule has 0 bridgehead atoms. The molecule has 90 valence electrons. The number of nitrogens with one attached hydrogen (secondary N) is 1. The third kappa shape index (κ3) is 1.82. The Hall–Kier alpha value is -1.76. The van der Waals surface area contributed by atoms with Crippen LogP contribution in [0.1, 0.15) is 12.8 Å². The van der Waals surface area contributed by atoms with Gasteiger partial charge in [-0.2, -0.15) is 0 Å². The number of anilines is 1. The second kappa shape index (κ2) is 4.25. The number of tetrazole rings is 1. The van der Waals surface area contributed by atoms with E-state index in [-0.39, 0.29) is 0 Å². The van der Waals surface area contributed by atoms with Gasteiger partial charge in [-0.05, 0) is 42.4 Å². The van der Waals surface area contributed by atoms with Crippen LogP contribution in [-0.4, -0.2) is 51.4 Å². The van der Waals surface area contributed by atoms with E-state index in [9.17, 15) is 0 Å². The van der Waals surface area contributed by atoms with Gasteiger partial charge in [-0.1, -0.05) is 0 Å². The topological polar surface area (TPSA) is 71.2 Å². The number of hydrogen-bond donors (Lipinski definition) is 1. The van der Waals surface area contributed by atoms with E-state index >= 15 is 0 Å². The van der Waals surface area contributed by atoms with Gasteiger partial charge in [0.1, 0.15) is 0 Å². The summed E-state index contributed by atoms with van der Waals surface area (Å²) < 4.78 is 1.48. The zero-order valence-electron chi connectivity index (χ0n) is 9.74. The smallest absolute Gasteiger partial charge is 0.200 e. The summed E-state index contributed by atoms with van der Waals surface area (Å²) in [5.74, 6) is 0.947. The van der Waals surface area contributed by atoms with Gasteiger partial charge in [0.05, 0.1) is 0 Å².